The van der Waals surface area contributed by atoms with Crippen molar-refractivity contribution in [3.05, 3.63) is 18.0 Å². The molecule has 1 aromatic rings. The molecule has 0 radical (unpaired) electrons. The normalized spacial score (nSPS) is 12.0. The van der Waals surface area contributed by atoms with Gasteiger partial charge in [-0.2, -0.15) is 18.3 Å². The van der Waals surface area contributed by atoms with Crippen LogP contribution in [0.2, 0.25) is 0 Å². The van der Waals surface area contributed by atoms with Crippen LogP contribution < -0.4 is 5.32 Å². The molecule has 0 aliphatic carbocycles. The molecule has 0 aromatic carbocycles. The second-order valence-corrected chi connectivity index (χ2v) is 3.91. The SMILES string of the molecule is CCNCc1cnn(CCCOCC(F)(F)F)c1. The molecule has 0 fully saturated rings. The molecular formula is C11H18F3N3O. The summed E-state index contributed by atoms with van der Waals surface area (Å²) in [6.45, 7) is 3.11. The number of halogens is 3. The summed E-state index contributed by atoms with van der Waals surface area (Å²) < 4.78 is 41.6. The molecule has 0 bridgehead atoms. The van der Waals surface area contributed by atoms with Gasteiger partial charge in [-0.3, -0.25) is 4.68 Å². The van der Waals surface area contributed by atoms with Crippen LogP contribution in [0.25, 0.3) is 0 Å². The van der Waals surface area contributed by atoms with Gasteiger partial charge in [0.2, 0.25) is 0 Å². The summed E-state index contributed by atoms with van der Waals surface area (Å²) in [5, 5.41) is 7.28. The maximum absolute atomic E-state index is 11.8. The van der Waals surface area contributed by atoms with E-state index in [1.54, 1.807) is 10.9 Å². The van der Waals surface area contributed by atoms with Gasteiger partial charge in [0.05, 0.1) is 6.20 Å². The van der Waals surface area contributed by atoms with Crippen LogP contribution in [0.3, 0.4) is 0 Å². The molecule has 0 saturated carbocycles. The van der Waals surface area contributed by atoms with E-state index < -0.39 is 12.8 Å². The van der Waals surface area contributed by atoms with Gasteiger partial charge in [-0.1, -0.05) is 6.92 Å². The van der Waals surface area contributed by atoms with Gasteiger partial charge < -0.3 is 10.1 Å². The molecule has 4 nitrogen and oxygen atoms in total. The van der Waals surface area contributed by atoms with Crippen LogP contribution in [0.15, 0.2) is 12.4 Å². The Morgan fingerprint density at radius 1 is 1.44 bits per heavy atom. The summed E-state index contributed by atoms with van der Waals surface area (Å²) in [6, 6.07) is 0. The second-order valence-electron chi connectivity index (χ2n) is 3.91. The molecule has 1 heterocycles. The third kappa shape index (κ3) is 6.61. The van der Waals surface area contributed by atoms with Crippen molar-refractivity contribution in [2.75, 3.05) is 19.8 Å². The lowest BCUT2D eigenvalue weighted by Gasteiger charge is -2.07. The molecule has 0 atom stereocenters. The summed E-state index contributed by atoms with van der Waals surface area (Å²) >= 11 is 0. The third-order valence-corrected chi connectivity index (χ3v) is 2.21. The quantitative estimate of drug-likeness (QED) is 0.730. The molecule has 104 valence electrons. The van der Waals surface area contributed by atoms with E-state index in [9.17, 15) is 13.2 Å². The van der Waals surface area contributed by atoms with Crippen LogP contribution in [0.5, 0.6) is 0 Å². The topological polar surface area (TPSA) is 39.1 Å². The lowest BCUT2D eigenvalue weighted by molar-refractivity contribution is -0.174. The van der Waals surface area contributed by atoms with E-state index in [0.29, 0.717) is 13.0 Å². The Kier molecular flexibility index (Phi) is 6.14. The third-order valence-electron chi connectivity index (χ3n) is 2.21. The Morgan fingerprint density at radius 2 is 2.22 bits per heavy atom. The first-order valence-electron chi connectivity index (χ1n) is 5.88. The first kappa shape index (κ1) is 15.0. The standard InChI is InChI=1S/C11H18F3N3O/c1-2-15-6-10-7-16-17(8-10)4-3-5-18-9-11(12,13)14/h7-8,15H,2-6,9H2,1H3. The first-order chi connectivity index (χ1) is 8.51. The van der Waals surface area contributed by atoms with Gasteiger partial charge in [-0.25, -0.2) is 0 Å². The van der Waals surface area contributed by atoms with Crippen molar-refractivity contribution in [2.24, 2.45) is 0 Å². The predicted molar refractivity (Wildman–Crippen MR) is 61.1 cm³/mol. The summed E-state index contributed by atoms with van der Waals surface area (Å²) in [5.41, 5.74) is 1.06. The Morgan fingerprint density at radius 3 is 2.89 bits per heavy atom. The highest BCUT2D eigenvalue weighted by molar-refractivity contribution is 5.02. The number of hydrogen-bond donors (Lipinski definition) is 1. The summed E-state index contributed by atoms with van der Waals surface area (Å²) in [6.07, 6.45) is -0.102. The van der Waals surface area contributed by atoms with Crippen LogP contribution in [-0.2, 0) is 17.8 Å². The zero-order chi connectivity index (χ0) is 13.4. The van der Waals surface area contributed by atoms with E-state index in [-0.39, 0.29) is 6.61 Å². The maximum atomic E-state index is 11.8. The predicted octanol–water partition coefficient (Wildman–Crippen LogP) is 1.96. The van der Waals surface area contributed by atoms with Gasteiger partial charge in [0, 0.05) is 31.5 Å². The monoisotopic (exact) mass is 265 g/mol. The molecule has 0 unspecified atom stereocenters. The number of rotatable bonds is 8. The first-order valence-corrected chi connectivity index (χ1v) is 5.88. The van der Waals surface area contributed by atoms with Gasteiger partial charge in [-0.15, -0.1) is 0 Å². The van der Waals surface area contributed by atoms with Crippen LogP contribution in [0, 0.1) is 0 Å². The van der Waals surface area contributed by atoms with Gasteiger partial charge in [-0.05, 0) is 13.0 Å². The fourth-order valence-electron chi connectivity index (χ4n) is 1.41. The van der Waals surface area contributed by atoms with E-state index >= 15 is 0 Å². The maximum Gasteiger partial charge on any atom is 0.411 e. The van der Waals surface area contributed by atoms with Crippen molar-refractivity contribution in [2.45, 2.75) is 32.6 Å². The zero-order valence-electron chi connectivity index (χ0n) is 10.3. The van der Waals surface area contributed by atoms with Gasteiger partial charge in [0.25, 0.3) is 0 Å². The molecule has 18 heavy (non-hydrogen) atoms. The van der Waals surface area contributed by atoms with Crippen molar-refractivity contribution in [3.63, 3.8) is 0 Å². The van der Waals surface area contributed by atoms with Gasteiger partial charge >= 0.3 is 6.18 Å². The second kappa shape index (κ2) is 7.38. The minimum absolute atomic E-state index is 0.0852. The average molecular weight is 265 g/mol. The molecule has 0 spiro atoms. The van der Waals surface area contributed by atoms with Crippen molar-refractivity contribution in [1.29, 1.82) is 0 Å². The molecule has 1 N–H and O–H groups in total. The summed E-state index contributed by atoms with van der Waals surface area (Å²) in [5.74, 6) is 0. The number of nitrogens with zero attached hydrogens (tertiary/aromatic N) is 2. The largest absolute Gasteiger partial charge is 0.411 e. The van der Waals surface area contributed by atoms with E-state index in [1.807, 2.05) is 13.1 Å². The van der Waals surface area contributed by atoms with Crippen molar-refractivity contribution in [3.8, 4) is 0 Å². The highest BCUT2D eigenvalue weighted by atomic mass is 19.4. The Bertz CT molecular complexity index is 339. The highest BCUT2D eigenvalue weighted by Crippen LogP contribution is 2.14. The number of alkyl halides is 3. The van der Waals surface area contributed by atoms with Gasteiger partial charge in [0.15, 0.2) is 0 Å². The lowest BCUT2D eigenvalue weighted by Crippen LogP contribution is -2.17. The molecular weight excluding hydrogens is 247 g/mol. The molecule has 0 amide bonds. The minimum atomic E-state index is -4.25. The summed E-state index contributed by atoms with van der Waals surface area (Å²) in [7, 11) is 0. The Balaban J connectivity index is 2.13. The van der Waals surface area contributed by atoms with Crippen LogP contribution in [0.1, 0.15) is 18.9 Å². The summed E-state index contributed by atoms with van der Waals surface area (Å²) in [4.78, 5) is 0. The average Bonchev–Trinajstić information content (AvgIpc) is 2.72. The van der Waals surface area contributed by atoms with Crippen LogP contribution >= 0.6 is 0 Å². The molecule has 0 aliphatic rings. The lowest BCUT2D eigenvalue weighted by atomic mass is 10.3. The Labute approximate surface area is 104 Å². The Hall–Kier alpha value is -1.08. The zero-order valence-corrected chi connectivity index (χ0v) is 10.3. The van der Waals surface area contributed by atoms with E-state index in [2.05, 4.69) is 15.2 Å². The molecule has 0 aliphatic heterocycles. The molecule has 1 rings (SSSR count). The smallest absolute Gasteiger partial charge is 0.372 e. The molecule has 0 saturated heterocycles. The minimum Gasteiger partial charge on any atom is -0.372 e. The van der Waals surface area contributed by atoms with E-state index in [4.69, 9.17) is 0 Å². The fourth-order valence-corrected chi connectivity index (χ4v) is 1.41. The fraction of sp³-hybridized carbons (Fsp3) is 0.727. The van der Waals surface area contributed by atoms with Crippen molar-refractivity contribution in [1.82, 2.24) is 15.1 Å². The van der Waals surface area contributed by atoms with Crippen molar-refractivity contribution >= 4 is 0 Å². The van der Waals surface area contributed by atoms with Crippen LogP contribution in [0.4, 0.5) is 13.2 Å². The number of aromatic nitrogens is 2. The van der Waals surface area contributed by atoms with Crippen molar-refractivity contribution < 1.29 is 17.9 Å². The number of aryl methyl sites for hydroxylation is 1. The van der Waals surface area contributed by atoms with Gasteiger partial charge in [0.1, 0.15) is 6.61 Å². The van der Waals surface area contributed by atoms with E-state index in [1.165, 1.54) is 0 Å². The number of hydrogen-bond acceptors (Lipinski definition) is 3. The highest BCUT2D eigenvalue weighted by Gasteiger charge is 2.27. The molecule has 7 heteroatoms. The number of ether oxygens (including phenoxy) is 1. The van der Waals surface area contributed by atoms with Crippen LogP contribution in [-0.4, -0.2) is 35.7 Å². The molecule has 1 aromatic heterocycles. The number of nitrogens with one attached hydrogen (secondary N) is 1. The van der Waals surface area contributed by atoms with E-state index in [0.717, 1.165) is 18.7 Å².